The van der Waals surface area contributed by atoms with Gasteiger partial charge < -0.3 is 19.9 Å². The molecule has 0 aromatic heterocycles. The van der Waals surface area contributed by atoms with E-state index in [0.29, 0.717) is 17.9 Å². The molecule has 1 heterocycles. The van der Waals surface area contributed by atoms with E-state index < -0.39 is 22.6 Å². The molecule has 0 amide bonds. The summed E-state index contributed by atoms with van der Waals surface area (Å²) < 4.78 is 34.5. The first-order valence-corrected chi connectivity index (χ1v) is 8.04. The van der Waals surface area contributed by atoms with Crippen LogP contribution in [0, 0.1) is 0 Å². The second-order valence-electron chi connectivity index (χ2n) is 3.77. The average Bonchev–Trinajstić information content (AvgIpc) is 2.48. The molecule has 0 saturated carbocycles. The fourth-order valence-electron chi connectivity index (χ4n) is 1.74. The summed E-state index contributed by atoms with van der Waals surface area (Å²) >= 11 is 0. The smallest absolute Gasteiger partial charge is 0.217 e. The van der Waals surface area contributed by atoms with Crippen LogP contribution >= 0.6 is 0 Å². The van der Waals surface area contributed by atoms with Gasteiger partial charge in [-0.2, -0.15) is 0 Å². The molecule has 0 radical (unpaired) electrons. The molecule has 0 aromatic rings. The molecular formula is C8H16O7S2. The molecule has 0 spiro atoms. The van der Waals surface area contributed by atoms with Gasteiger partial charge in [0.05, 0.1) is 13.2 Å². The van der Waals surface area contributed by atoms with Crippen molar-refractivity contribution < 1.29 is 32.5 Å². The van der Waals surface area contributed by atoms with Crippen LogP contribution in [0.15, 0.2) is 0 Å². The third-order valence-corrected chi connectivity index (χ3v) is 5.87. The minimum atomic E-state index is -4.66. The van der Waals surface area contributed by atoms with Crippen LogP contribution < -0.4 is 0 Å². The largest absolute Gasteiger partial charge is 0.726 e. The molecule has 9 heteroatoms. The molecule has 1 rings (SSSR count). The average molecular weight is 288 g/mol. The van der Waals surface area contributed by atoms with Gasteiger partial charge >= 0.3 is 0 Å². The highest BCUT2D eigenvalue weighted by atomic mass is 32.3. The lowest BCUT2D eigenvalue weighted by Gasteiger charge is -2.12. The zero-order valence-corrected chi connectivity index (χ0v) is 10.7. The number of aliphatic hydroxyl groups excluding tert-OH is 3. The van der Waals surface area contributed by atoms with Gasteiger partial charge in [0, 0.05) is 6.42 Å². The van der Waals surface area contributed by atoms with Gasteiger partial charge in [-0.1, -0.05) is 0 Å². The molecule has 4 atom stereocenters. The summed E-state index contributed by atoms with van der Waals surface area (Å²) in [5, 5.41) is 27.6. The maximum Gasteiger partial charge on any atom is 0.217 e. The van der Waals surface area contributed by atoms with Crippen LogP contribution in [-0.4, -0.2) is 70.5 Å². The normalized spacial score (nSPS) is 34.1. The van der Waals surface area contributed by atoms with Crippen LogP contribution in [0.3, 0.4) is 0 Å². The van der Waals surface area contributed by atoms with Crippen LogP contribution in [0.2, 0.25) is 0 Å². The lowest BCUT2D eigenvalue weighted by Crippen LogP contribution is -2.34. The first-order valence-electron chi connectivity index (χ1n) is 5.08. The molecule has 1 aliphatic heterocycles. The van der Waals surface area contributed by atoms with Crippen molar-refractivity contribution in [3.8, 4) is 0 Å². The standard InChI is InChI=1S/C8H16O7S2/c9-4-7-8(11)6(10)5-16(7)3-1-2-15-17(12,13)14/h6-11H,1-5H2/t6-,7-,8+,16?/m1/s1. The van der Waals surface area contributed by atoms with E-state index in [1.807, 2.05) is 0 Å². The maximum absolute atomic E-state index is 10.2. The van der Waals surface area contributed by atoms with E-state index in [4.69, 9.17) is 5.11 Å². The predicted octanol–water partition coefficient (Wildman–Crippen LogP) is -2.43. The van der Waals surface area contributed by atoms with Crippen LogP contribution in [-0.2, 0) is 25.5 Å². The lowest BCUT2D eigenvalue weighted by atomic mass is 10.2. The molecule has 1 saturated heterocycles. The van der Waals surface area contributed by atoms with Crippen molar-refractivity contribution in [1.29, 1.82) is 0 Å². The van der Waals surface area contributed by atoms with E-state index in [1.54, 1.807) is 0 Å². The molecule has 0 bridgehead atoms. The monoisotopic (exact) mass is 288 g/mol. The zero-order chi connectivity index (χ0) is 13.1. The Morgan fingerprint density at radius 3 is 2.59 bits per heavy atom. The van der Waals surface area contributed by atoms with E-state index >= 15 is 0 Å². The number of aliphatic hydroxyl groups is 3. The van der Waals surface area contributed by atoms with Gasteiger partial charge in [0.15, 0.2) is 5.25 Å². The highest BCUT2D eigenvalue weighted by Gasteiger charge is 2.48. The lowest BCUT2D eigenvalue weighted by molar-refractivity contribution is 0.0325. The Morgan fingerprint density at radius 2 is 2.06 bits per heavy atom. The summed E-state index contributed by atoms with van der Waals surface area (Å²) in [5.41, 5.74) is 0. The number of hydrogen-bond acceptors (Lipinski definition) is 7. The van der Waals surface area contributed by atoms with E-state index in [2.05, 4.69) is 4.18 Å². The molecule has 1 unspecified atom stereocenters. The molecule has 3 N–H and O–H groups in total. The van der Waals surface area contributed by atoms with Crippen molar-refractivity contribution in [3.05, 3.63) is 0 Å². The van der Waals surface area contributed by atoms with Crippen LogP contribution in [0.5, 0.6) is 0 Å². The Labute approximate surface area is 103 Å². The van der Waals surface area contributed by atoms with Gasteiger partial charge in [0.1, 0.15) is 23.7 Å². The van der Waals surface area contributed by atoms with E-state index in [-0.39, 0.29) is 29.4 Å². The molecule has 0 aromatic carbocycles. The van der Waals surface area contributed by atoms with Crippen molar-refractivity contribution in [2.24, 2.45) is 0 Å². The third kappa shape index (κ3) is 4.70. The predicted molar refractivity (Wildman–Crippen MR) is 60.3 cm³/mol. The summed E-state index contributed by atoms with van der Waals surface area (Å²) in [6, 6.07) is 0. The Morgan fingerprint density at radius 1 is 1.41 bits per heavy atom. The first-order chi connectivity index (χ1) is 7.85. The molecule has 102 valence electrons. The van der Waals surface area contributed by atoms with Crippen molar-refractivity contribution in [3.63, 3.8) is 0 Å². The van der Waals surface area contributed by atoms with Crippen molar-refractivity contribution in [1.82, 2.24) is 0 Å². The first kappa shape index (κ1) is 15.2. The molecule has 1 fully saturated rings. The summed E-state index contributed by atoms with van der Waals surface area (Å²) in [6.45, 7) is -0.429. The second kappa shape index (κ2) is 6.32. The number of hydrogen-bond donors (Lipinski definition) is 3. The van der Waals surface area contributed by atoms with Gasteiger partial charge in [-0.3, -0.25) is 4.18 Å². The van der Waals surface area contributed by atoms with Crippen LogP contribution in [0.25, 0.3) is 0 Å². The van der Waals surface area contributed by atoms with E-state index in [1.165, 1.54) is 0 Å². The van der Waals surface area contributed by atoms with Gasteiger partial charge in [0.25, 0.3) is 0 Å². The third-order valence-electron chi connectivity index (χ3n) is 2.55. The fraction of sp³-hybridized carbons (Fsp3) is 1.00. The Balaban J connectivity index is 2.32. The number of rotatable bonds is 6. The van der Waals surface area contributed by atoms with E-state index in [9.17, 15) is 23.2 Å². The van der Waals surface area contributed by atoms with Crippen molar-refractivity contribution in [2.45, 2.75) is 23.9 Å². The van der Waals surface area contributed by atoms with Gasteiger partial charge in [-0.05, 0) is 10.9 Å². The molecule has 7 nitrogen and oxygen atoms in total. The van der Waals surface area contributed by atoms with Crippen LogP contribution in [0.4, 0.5) is 0 Å². The van der Waals surface area contributed by atoms with Gasteiger partial charge in [-0.15, -0.1) is 0 Å². The van der Waals surface area contributed by atoms with Crippen LogP contribution in [0.1, 0.15) is 6.42 Å². The summed E-state index contributed by atoms with van der Waals surface area (Å²) in [6.07, 6.45) is -1.45. The van der Waals surface area contributed by atoms with Gasteiger partial charge in [-0.25, -0.2) is 8.42 Å². The Hall–Kier alpha value is 0.1000. The minimum absolute atomic E-state index is 0.209. The summed E-state index contributed by atoms with van der Waals surface area (Å²) in [4.78, 5) is 0. The highest BCUT2D eigenvalue weighted by molar-refractivity contribution is 7.97. The SMILES string of the molecule is O=S(=O)([O-])OCCC[S+]1C[C@@H](O)[C@H](O)[C@H]1CO. The fourth-order valence-corrected chi connectivity index (χ4v) is 4.69. The van der Waals surface area contributed by atoms with Crippen molar-refractivity contribution >= 4 is 21.3 Å². The van der Waals surface area contributed by atoms with Crippen molar-refractivity contribution in [2.75, 3.05) is 24.7 Å². The Kier molecular flexibility index (Phi) is 5.64. The molecule has 1 aliphatic rings. The maximum atomic E-state index is 10.2. The zero-order valence-electron chi connectivity index (χ0n) is 9.06. The second-order valence-corrected chi connectivity index (χ2v) is 7.25. The Bertz CT molecular complexity index is 331. The summed E-state index contributed by atoms with van der Waals surface area (Å²) in [5.74, 6) is 0.894. The molecule has 17 heavy (non-hydrogen) atoms. The highest BCUT2D eigenvalue weighted by Crippen LogP contribution is 2.24. The van der Waals surface area contributed by atoms with E-state index in [0.717, 1.165) is 0 Å². The summed E-state index contributed by atoms with van der Waals surface area (Å²) in [7, 11) is -5.04. The minimum Gasteiger partial charge on any atom is -0.726 e. The van der Waals surface area contributed by atoms with Gasteiger partial charge in [0.2, 0.25) is 10.4 Å². The topological polar surface area (TPSA) is 127 Å². The quantitative estimate of drug-likeness (QED) is 0.214. The molecular weight excluding hydrogens is 272 g/mol. The molecule has 0 aliphatic carbocycles.